The van der Waals surface area contributed by atoms with E-state index in [4.69, 9.17) is 0 Å². The van der Waals surface area contributed by atoms with E-state index in [1.54, 1.807) is 11.8 Å². The lowest BCUT2D eigenvalue weighted by molar-refractivity contribution is -0.148. The number of aryl methyl sites for hydroxylation is 1. The highest BCUT2D eigenvalue weighted by Crippen LogP contribution is 2.21. The van der Waals surface area contributed by atoms with Crippen molar-refractivity contribution in [3.63, 3.8) is 0 Å². The number of carbonyl (C=O) groups is 2. The Bertz CT molecular complexity index is 847. The molecule has 1 heterocycles. The van der Waals surface area contributed by atoms with Gasteiger partial charge in [-0.3, -0.25) is 9.59 Å². The van der Waals surface area contributed by atoms with Crippen LogP contribution in [0.4, 0.5) is 0 Å². The number of nitrogens with one attached hydrogen (secondary N) is 1. The molecule has 1 aliphatic rings. The quantitative estimate of drug-likeness (QED) is 0.838. The largest absolute Gasteiger partial charge is 0.382 e. The number of aliphatic hydroxyl groups is 1. The summed E-state index contributed by atoms with van der Waals surface area (Å²) in [4.78, 5) is 27.0. The first-order valence-corrected chi connectivity index (χ1v) is 9.77. The minimum Gasteiger partial charge on any atom is -0.382 e. The van der Waals surface area contributed by atoms with E-state index >= 15 is 0 Å². The summed E-state index contributed by atoms with van der Waals surface area (Å²) in [6, 6.07) is 15.7. The molecule has 0 aliphatic carbocycles. The SMILES string of the molecule is Cc1ccc([C@@H](C)NC(=O)C(C)C(O)C(=O)N2CCc3ccccc3C2)cc1. The summed E-state index contributed by atoms with van der Waals surface area (Å²) in [7, 11) is 0. The average molecular weight is 380 g/mol. The topological polar surface area (TPSA) is 69.6 Å². The first-order valence-electron chi connectivity index (χ1n) is 9.77. The number of hydrogen-bond acceptors (Lipinski definition) is 3. The van der Waals surface area contributed by atoms with E-state index in [1.165, 1.54) is 5.56 Å². The smallest absolute Gasteiger partial charge is 0.252 e. The number of benzene rings is 2. The molecule has 0 aromatic heterocycles. The van der Waals surface area contributed by atoms with Crippen LogP contribution in [0.1, 0.15) is 42.1 Å². The molecule has 2 N–H and O–H groups in total. The number of amides is 2. The van der Waals surface area contributed by atoms with E-state index in [0.717, 1.165) is 23.1 Å². The van der Waals surface area contributed by atoms with Crippen LogP contribution >= 0.6 is 0 Å². The summed E-state index contributed by atoms with van der Waals surface area (Å²) in [5.41, 5.74) is 4.47. The molecule has 0 saturated heterocycles. The summed E-state index contributed by atoms with van der Waals surface area (Å²) in [5, 5.41) is 13.4. The molecule has 5 nitrogen and oxygen atoms in total. The van der Waals surface area contributed by atoms with Crippen LogP contribution in [-0.2, 0) is 22.6 Å². The molecule has 5 heteroatoms. The van der Waals surface area contributed by atoms with Crippen LogP contribution in [-0.4, -0.2) is 34.5 Å². The van der Waals surface area contributed by atoms with Gasteiger partial charge in [-0.1, -0.05) is 61.0 Å². The van der Waals surface area contributed by atoms with E-state index < -0.39 is 12.0 Å². The third-order valence-electron chi connectivity index (χ3n) is 5.52. The standard InChI is InChI=1S/C23H28N2O3/c1-15-8-10-18(11-9-15)17(3)24-22(27)16(2)21(26)23(28)25-13-12-19-6-4-5-7-20(19)14-25/h4-11,16-17,21,26H,12-14H2,1-3H3,(H,24,27)/t16?,17-,21?/m1/s1. The Morgan fingerprint density at radius 1 is 1.04 bits per heavy atom. The minimum absolute atomic E-state index is 0.195. The van der Waals surface area contributed by atoms with E-state index in [0.29, 0.717) is 13.1 Å². The second kappa shape index (κ2) is 8.57. The third kappa shape index (κ3) is 4.42. The van der Waals surface area contributed by atoms with E-state index in [2.05, 4.69) is 11.4 Å². The van der Waals surface area contributed by atoms with Crippen molar-refractivity contribution in [1.82, 2.24) is 10.2 Å². The lowest BCUT2D eigenvalue weighted by Crippen LogP contribution is -2.48. The summed E-state index contributed by atoms with van der Waals surface area (Å²) < 4.78 is 0. The van der Waals surface area contributed by atoms with E-state index in [-0.39, 0.29) is 17.9 Å². The molecule has 28 heavy (non-hydrogen) atoms. The van der Waals surface area contributed by atoms with Gasteiger partial charge in [0, 0.05) is 13.1 Å². The number of fused-ring (bicyclic) bond motifs is 1. The number of carbonyl (C=O) groups excluding carboxylic acids is 2. The second-order valence-electron chi connectivity index (χ2n) is 7.65. The fourth-order valence-corrected chi connectivity index (χ4v) is 3.51. The van der Waals surface area contributed by atoms with Crippen LogP contribution in [0.3, 0.4) is 0 Å². The Morgan fingerprint density at radius 2 is 1.68 bits per heavy atom. The van der Waals surface area contributed by atoms with Crippen molar-refractivity contribution in [2.24, 2.45) is 5.92 Å². The van der Waals surface area contributed by atoms with Gasteiger partial charge >= 0.3 is 0 Å². The van der Waals surface area contributed by atoms with E-state index in [1.807, 2.05) is 56.3 Å². The molecule has 2 aromatic rings. The van der Waals surface area contributed by atoms with Gasteiger partial charge in [0.25, 0.3) is 5.91 Å². The molecule has 0 fully saturated rings. The summed E-state index contributed by atoms with van der Waals surface area (Å²) in [6.07, 6.45) is -0.588. The number of hydrogen-bond donors (Lipinski definition) is 2. The molecule has 2 amide bonds. The molecule has 148 valence electrons. The van der Waals surface area contributed by atoms with Crippen molar-refractivity contribution >= 4 is 11.8 Å². The maximum Gasteiger partial charge on any atom is 0.252 e. The highest BCUT2D eigenvalue weighted by molar-refractivity contribution is 5.89. The van der Waals surface area contributed by atoms with Crippen molar-refractivity contribution < 1.29 is 14.7 Å². The highest BCUT2D eigenvalue weighted by Gasteiger charge is 2.33. The van der Waals surface area contributed by atoms with Crippen LogP contribution in [0.15, 0.2) is 48.5 Å². The number of rotatable bonds is 5. The van der Waals surface area contributed by atoms with Gasteiger partial charge < -0.3 is 15.3 Å². The summed E-state index contributed by atoms with van der Waals surface area (Å²) in [5.74, 6) is -1.54. The second-order valence-corrected chi connectivity index (χ2v) is 7.65. The lowest BCUT2D eigenvalue weighted by Gasteiger charge is -2.32. The Balaban J connectivity index is 1.60. The molecule has 0 saturated carbocycles. The third-order valence-corrected chi connectivity index (χ3v) is 5.52. The normalized spacial score (nSPS) is 16.6. The van der Waals surface area contributed by atoms with Crippen LogP contribution in [0.2, 0.25) is 0 Å². The molecule has 3 atom stereocenters. The Morgan fingerprint density at radius 3 is 2.36 bits per heavy atom. The van der Waals surface area contributed by atoms with Crippen molar-refractivity contribution in [3.05, 3.63) is 70.8 Å². The molecular weight excluding hydrogens is 352 g/mol. The van der Waals surface area contributed by atoms with Gasteiger partial charge in [0.05, 0.1) is 12.0 Å². The predicted octanol–water partition coefficient (Wildman–Crippen LogP) is 2.75. The van der Waals surface area contributed by atoms with Crippen molar-refractivity contribution in [2.75, 3.05) is 6.54 Å². The van der Waals surface area contributed by atoms with Gasteiger partial charge in [-0.2, -0.15) is 0 Å². The van der Waals surface area contributed by atoms with Crippen molar-refractivity contribution in [1.29, 1.82) is 0 Å². The summed E-state index contributed by atoms with van der Waals surface area (Å²) >= 11 is 0. The molecular formula is C23H28N2O3. The lowest BCUT2D eigenvalue weighted by atomic mass is 9.97. The zero-order valence-electron chi connectivity index (χ0n) is 16.7. The van der Waals surface area contributed by atoms with Gasteiger partial charge in [-0.05, 0) is 37.0 Å². The van der Waals surface area contributed by atoms with E-state index in [9.17, 15) is 14.7 Å². The van der Waals surface area contributed by atoms with Crippen LogP contribution in [0.25, 0.3) is 0 Å². The predicted molar refractivity (Wildman–Crippen MR) is 108 cm³/mol. The Hall–Kier alpha value is -2.66. The molecule has 2 aromatic carbocycles. The first-order chi connectivity index (χ1) is 13.4. The van der Waals surface area contributed by atoms with Gasteiger partial charge in [0.2, 0.25) is 5.91 Å². The maximum atomic E-state index is 12.7. The number of nitrogens with zero attached hydrogens (tertiary/aromatic N) is 1. The zero-order valence-corrected chi connectivity index (χ0v) is 16.7. The molecule has 0 radical (unpaired) electrons. The van der Waals surface area contributed by atoms with Gasteiger partial charge in [-0.25, -0.2) is 0 Å². The Labute approximate surface area is 166 Å². The highest BCUT2D eigenvalue weighted by atomic mass is 16.3. The van der Waals surface area contributed by atoms with Crippen LogP contribution < -0.4 is 5.32 Å². The fraction of sp³-hybridized carbons (Fsp3) is 0.391. The van der Waals surface area contributed by atoms with Gasteiger partial charge in [0.15, 0.2) is 0 Å². The molecule has 2 unspecified atom stereocenters. The minimum atomic E-state index is -1.35. The Kier molecular flexibility index (Phi) is 6.15. The summed E-state index contributed by atoms with van der Waals surface area (Å²) in [6.45, 7) is 6.53. The first kappa shape index (κ1) is 20.1. The zero-order chi connectivity index (χ0) is 20.3. The molecule has 3 rings (SSSR count). The van der Waals surface area contributed by atoms with Crippen molar-refractivity contribution in [3.8, 4) is 0 Å². The molecule has 0 bridgehead atoms. The van der Waals surface area contributed by atoms with Gasteiger partial charge in [0.1, 0.15) is 6.10 Å². The monoisotopic (exact) mass is 380 g/mol. The van der Waals surface area contributed by atoms with Crippen LogP contribution in [0.5, 0.6) is 0 Å². The number of aliphatic hydroxyl groups excluding tert-OH is 1. The fourth-order valence-electron chi connectivity index (χ4n) is 3.51. The molecule has 0 spiro atoms. The van der Waals surface area contributed by atoms with Crippen molar-refractivity contribution in [2.45, 2.75) is 45.9 Å². The average Bonchev–Trinajstić information content (AvgIpc) is 2.72. The molecule has 1 aliphatic heterocycles. The van der Waals surface area contributed by atoms with Gasteiger partial charge in [-0.15, -0.1) is 0 Å². The maximum absolute atomic E-state index is 12.7. The van der Waals surface area contributed by atoms with Crippen LogP contribution in [0, 0.1) is 12.8 Å².